The lowest BCUT2D eigenvalue weighted by Crippen LogP contribution is -2.27. The van der Waals surface area contributed by atoms with Gasteiger partial charge in [0.2, 0.25) is 0 Å². The van der Waals surface area contributed by atoms with Crippen molar-refractivity contribution in [3.8, 4) is 0 Å². The van der Waals surface area contributed by atoms with Crippen LogP contribution in [-0.2, 0) is 13.0 Å². The normalized spacial score (nSPS) is 13.4. The lowest BCUT2D eigenvalue weighted by molar-refractivity contribution is 0.262. The number of amides is 2. The maximum atomic E-state index is 13.5. The number of para-hydroxylation sites is 1. The molecule has 0 saturated heterocycles. The molecule has 0 aromatic heterocycles. The Morgan fingerprint density at radius 2 is 1.81 bits per heavy atom. The van der Waals surface area contributed by atoms with Crippen molar-refractivity contribution in [2.45, 2.75) is 13.0 Å². The first-order chi connectivity index (χ1) is 10.2. The highest BCUT2D eigenvalue weighted by Crippen LogP contribution is 2.23. The number of hydrogen-bond donors (Lipinski definition) is 3. The SMILES string of the molecule is O=C(Nc1ccccc1F)Nc1cccc2c1CNCC2. The van der Waals surface area contributed by atoms with Crippen LogP contribution in [0, 0.1) is 5.82 Å². The molecule has 2 aromatic carbocycles. The van der Waals surface area contributed by atoms with Crippen molar-refractivity contribution in [2.75, 3.05) is 17.2 Å². The molecule has 0 spiro atoms. The largest absolute Gasteiger partial charge is 0.323 e. The first kappa shape index (κ1) is 13.6. The predicted molar refractivity (Wildman–Crippen MR) is 80.9 cm³/mol. The molecule has 108 valence electrons. The highest BCUT2D eigenvalue weighted by atomic mass is 19.1. The molecule has 5 heteroatoms. The van der Waals surface area contributed by atoms with Gasteiger partial charge in [-0.3, -0.25) is 0 Å². The van der Waals surface area contributed by atoms with Crippen molar-refractivity contribution < 1.29 is 9.18 Å². The predicted octanol–water partition coefficient (Wildman–Crippen LogP) is 3.12. The number of benzene rings is 2. The molecule has 0 atom stereocenters. The lowest BCUT2D eigenvalue weighted by Gasteiger charge is -2.20. The first-order valence-corrected chi connectivity index (χ1v) is 6.88. The molecule has 0 radical (unpaired) electrons. The summed E-state index contributed by atoms with van der Waals surface area (Å²) in [5, 5.41) is 8.59. The zero-order valence-electron chi connectivity index (χ0n) is 11.4. The summed E-state index contributed by atoms with van der Waals surface area (Å²) >= 11 is 0. The van der Waals surface area contributed by atoms with Crippen LogP contribution in [0.25, 0.3) is 0 Å². The quantitative estimate of drug-likeness (QED) is 0.794. The molecule has 21 heavy (non-hydrogen) atoms. The van der Waals surface area contributed by atoms with Crippen LogP contribution >= 0.6 is 0 Å². The van der Waals surface area contributed by atoms with Crippen LogP contribution in [0.15, 0.2) is 42.5 Å². The average molecular weight is 285 g/mol. The van der Waals surface area contributed by atoms with Gasteiger partial charge in [-0.1, -0.05) is 24.3 Å². The van der Waals surface area contributed by atoms with E-state index in [1.165, 1.54) is 17.7 Å². The maximum absolute atomic E-state index is 13.5. The Balaban J connectivity index is 1.75. The zero-order valence-corrected chi connectivity index (χ0v) is 11.4. The number of urea groups is 1. The van der Waals surface area contributed by atoms with Crippen LogP contribution in [0.2, 0.25) is 0 Å². The molecule has 2 aromatic rings. The minimum atomic E-state index is -0.454. The van der Waals surface area contributed by atoms with Crippen LogP contribution < -0.4 is 16.0 Å². The minimum Gasteiger partial charge on any atom is -0.312 e. The summed E-state index contributed by atoms with van der Waals surface area (Å²) in [6.07, 6.45) is 0.944. The van der Waals surface area contributed by atoms with E-state index < -0.39 is 11.8 Å². The van der Waals surface area contributed by atoms with Crippen molar-refractivity contribution >= 4 is 17.4 Å². The molecule has 0 aliphatic carbocycles. The molecule has 4 nitrogen and oxygen atoms in total. The van der Waals surface area contributed by atoms with Gasteiger partial charge in [0, 0.05) is 12.2 Å². The number of halogens is 1. The fourth-order valence-corrected chi connectivity index (χ4v) is 2.47. The summed E-state index contributed by atoms with van der Waals surface area (Å²) in [5.74, 6) is -0.454. The number of nitrogens with one attached hydrogen (secondary N) is 3. The van der Waals surface area contributed by atoms with Crippen molar-refractivity contribution in [3.05, 3.63) is 59.4 Å². The topological polar surface area (TPSA) is 53.2 Å². The summed E-state index contributed by atoms with van der Waals surface area (Å²) in [5.41, 5.74) is 3.25. The summed E-state index contributed by atoms with van der Waals surface area (Å²) in [7, 11) is 0. The number of fused-ring (bicyclic) bond motifs is 1. The van der Waals surface area contributed by atoms with Crippen molar-refractivity contribution in [1.82, 2.24) is 5.32 Å². The number of rotatable bonds is 2. The fourth-order valence-electron chi connectivity index (χ4n) is 2.47. The third-order valence-electron chi connectivity index (χ3n) is 3.52. The van der Waals surface area contributed by atoms with Gasteiger partial charge in [0.05, 0.1) is 5.69 Å². The number of hydrogen-bond acceptors (Lipinski definition) is 2. The number of carbonyl (C=O) groups excluding carboxylic acids is 1. The third-order valence-corrected chi connectivity index (χ3v) is 3.52. The molecule has 0 saturated carbocycles. The van der Waals surface area contributed by atoms with E-state index in [2.05, 4.69) is 22.0 Å². The van der Waals surface area contributed by atoms with Gasteiger partial charge in [-0.25, -0.2) is 9.18 Å². The van der Waals surface area contributed by atoms with E-state index in [1.807, 2.05) is 12.1 Å². The average Bonchev–Trinajstić information content (AvgIpc) is 2.50. The Morgan fingerprint density at radius 1 is 1.05 bits per heavy atom. The smallest absolute Gasteiger partial charge is 0.312 e. The monoisotopic (exact) mass is 285 g/mol. The Kier molecular flexibility index (Phi) is 3.83. The minimum absolute atomic E-state index is 0.165. The van der Waals surface area contributed by atoms with Gasteiger partial charge in [-0.2, -0.15) is 0 Å². The number of anilines is 2. The Morgan fingerprint density at radius 3 is 2.67 bits per heavy atom. The zero-order chi connectivity index (χ0) is 14.7. The van der Waals surface area contributed by atoms with E-state index in [9.17, 15) is 9.18 Å². The van der Waals surface area contributed by atoms with E-state index in [4.69, 9.17) is 0 Å². The molecular weight excluding hydrogens is 269 g/mol. The van der Waals surface area contributed by atoms with E-state index in [-0.39, 0.29) is 5.69 Å². The lowest BCUT2D eigenvalue weighted by atomic mass is 9.99. The molecule has 0 fully saturated rings. The van der Waals surface area contributed by atoms with Crippen molar-refractivity contribution in [1.29, 1.82) is 0 Å². The van der Waals surface area contributed by atoms with Crippen LogP contribution in [0.4, 0.5) is 20.6 Å². The molecule has 1 aliphatic heterocycles. The molecule has 3 rings (SSSR count). The van der Waals surface area contributed by atoms with Gasteiger partial charge in [0.15, 0.2) is 0 Å². The second kappa shape index (κ2) is 5.93. The van der Waals surface area contributed by atoms with Crippen LogP contribution in [-0.4, -0.2) is 12.6 Å². The van der Waals surface area contributed by atoms with Crippen molar-refractivity contribution in [3.63, 3.8) is 0 Å². The molecule has 0 unspecified atom stereocenters. The van der Waals surface area contributed by atoms with Crippen LogP contribution in [0.5, 0.6) is 0 Å². The van der Waals surface area contributed by atoms with E-state index >= 15 is 0 Å². The molecule has 0 bridgehead atoms. The number of carbonyl (C=O) groups is 1. The second-order valence-electron chi connectivity index (χ2n) is 4.93. The van der Waals surface area contributed by atoms with Gasteiger partial charge < -0.3 is 16.0 Å². The van der Waals surface area contributed by atoms with Crippen LogP contribution in [0.1, 0.15) is 11.1 Å². The summed E-state index contributed by atoms with van der Waals surface area (Å²) in [6.45, 7) is 1.67. The molecule has 3 N–H and O–H groups in total. The van der Waals surface area contributed by atoms with Crippen LogP contribution in [0.3, 0.4) is 0 Å². The Bertz CT molecular complexity index is 672. The van der Waals surface area contributed by atoms with Gasteiger partial charge >= 0.3 is 6.03 Å². The Hall–Kier alpha value is -2.40. The molecule has 1 aliphatic rings. The van der Waals surface area contributed by atoms with Gasteiger partial charge in [-0.05, 0) is 42.3 Å². The van der Waals surface area contributed by atoms with Gasteiger partial charge in [0.25, 0.3) is 0 Å². The molecule has 2 amide bonds. The van der Waals surface area contributed by atoms with E-state index in [0.717, 1.165) is 30.8 Å². The summed E-state index contributed by atoms with van der Waals surface area (Å²) < 4.78 is 13.5. The first-order valence-electron chi connectivity index (χ1n) is 6.88. The maximum Gasteiger partial charge on any atom is 0.323 e. The highest BCUT2D eigenvalue weighted by Gasteiger charge is 2.14. The standard InChI is InChI=1S/C16H16FN3O/c17-13-5-1-2-6-15(13)20-16(21)19-14-7-3-4-11-8-9-18-10-12(11)14/h1-7,18H,8-10H2,(H2,19,20,21). The van der Waals surface area contributed by atoms with E-state index in [1.54, 1.807) is 12.1 Å². The molecule has 1 heterocycles. The fraction of sp³-hybridized carbons (Fsp3) is 0.188. The van der Waals surface area contributed by atoms with Gasteiger partial charge in [-0.15, -0.1) is 0 Å². The summed E-state index contributed by atoms with van der Waals surface area (Å²) in [6, 6.07) is 11.5. The second-order valence-corrected chi connectivity index (χ2v) is 4.93. The third kappa shape index (κ3) is 3.03. The van der Waals surface area contributed by atoms with E-state index in [0.29, 0.717) is 0 Å². The Labute approximate surface area is 122 Å². The van der Waals surface area contributed by atoms with Gasteiger partial charge in [0.1, 0.15) is 5.82 Å². The molecular formula is C16H16FN3O. The highest BCUT2D eigenvalue weighted by molar-refractivity contribution is 6.00. The summed E-state index contributed by atoms with van der Waals surface area (Å²) in [4.78, 5) is 12.0. The van der Waals surface area contributed by atoms with Crippen molar-refractivity contribution in [2.24, 2.45) is 0 Å².